The molecule has 3 aromatic carbocycles. The lowest BCUT2D eigenvalue weighted by Crippen LogP contribution is -2.13. The maximum Gasteiger partial charge on any atom is 0.257 e. The molecule has 0 atom stereocenters. The van der Waals surface area contributed by atoms with Crippen LogP contribution in [0.25, 0.3) is 22.6 Å². The van der Waals surface area contributed by atoms with Gasteiger partial charge in [-0.25, -0.2) is 4.98 Å². The SMILES string of the molecule is Cc1cc2nc(-c3ccc(C)c(NC(=O)c4cc(Cl)ccc4Cl)c3)oc2cc1C. The minimum atomic E-state index is -0.332. The van der Waals surface area contributed by atoms with Crippen LogP contribution in [0.5, 0.6) is 0 Å². The number of hydrogen-bond donors (Lipinski definition) is 1. The lowest BCUT2D eigenvalue weighted by Gasteiger charge is -2.11. The molecule has 4 nitrogen and oxygen atoms in total. The second-order valence-electron chi connectivity index (χ2n) is 7.03. The van der Waals surface area contributed by atoms with Gasteiger partial charge in [0, 0.05) is 16.3 Å². The van der Waals surface area contributed by atoms with Crippen LogP contribution in [0, 0.1) is 20.8 Å². The van der Waals surface area contributed by atoms with Gasteiger partial charge in [-0.2, -0.15) is 0 Å². The van der Waals surface area contributed by atoms with Gasteiger partial charge in [-0.1, -0.05) is 29.3 Å². The summed E-state index contributed by atoms with van der Waals surface area (Å²) >= 11 is 12.2. The average molecular weight is 425 g/mol. The Balaban J connectivity index is 1.69. The summed E-state index contributed by atoms with van der Waals surface area (Å²) in [5.74, 6) is 0.169. The molecule has 0 spiro atoms. The van der Waals surface area contributed by atoms with E-state index in [1.54, 1.807) is 18.2 Å². The molecule has 0 radical (unpaired) electrons. The number of rotatable bonds is 3. The first-order valence-corrected chi connectivity index (χ1v) is 9.82. The van der Waals surface area contributed by atoms with Gasteiger partial charge in [0.05, 0.1) is 10.6 Å². The van der Waals surface area contributed by atoms with Crippen molar-refractivity contribution in [2.24, 2.45) is 0 Å². The second-order valence-corrected chi connectivity index (χ2v) is 7.87. The molecule has 0 fully saturated rings. The molecule has 0 saturated heterocycles. The van der Waals surface area contributed by atoms with E-state index in [0.717, 1.165) is 33.4 Å². The summed E-state index contributed by atoms with van der Waals surface area (Å²) < 4.78 is 5.95. The van der Waals surface area contributed by atoms with Crippen molar-refractivity contribution in [2.45, 2.75) is 20.8 Å². The molecule has 1 aromatic heterocycles. The van der Waals surface area contributed by atoms with E-state index >= 15 is 0 Å². The van der Waals surface area contributed by atoms with Gasteiger partial charge in [0.25, 0.3) is 5.91 Å². The van der Waals surface area contributed by atoms with Crippen LogP contribution < -0.4 is 5.32 Å². The third-order valence-electron chi connectivity index (χ3n) is 4.91. The van der Waals surface area contributed by atoms with Crippen molar-refractivity contribution in [2.75, 3.05) is 5.32 Å². The van der Waals surface area contributed by atoms with Gasteiger partial charge in [-0.05, 0) is 79.9 Å². The first-order valence-electron chi connectivity index (χ1n) is 9.07. The number of aryl methyl sites for hydroxylation is 3. The number of nitrogens with one attached hydrogen (secondary N) is 1. The first-order chi connectivity index (χ1) is 13.8. The summed E-state index contributed by atoms with van der Waals surface area (Å²) in [7, 11) is 0. The fraction of sp³-hybridized carbons (Fsp3) is 0.130. The predicted octanol–water partition coefficient (Wildman–Crippen LogP) is 6.98. The molecule has 4 aromatic rings. The van der Waals surface area contributed by atoms with Crippen LogP contribution in [0.1, 0.15) is 27.0 Å². The van der Waals surface area contributed by atoms with E-state index in [-0.39, 0.29) is 5.91 Å². The summed E-state index contributed by atoms with van der Waals surface area (Å²) in [6.45, 7) is 6.00. The quantitative estimate of drug-likeness (QED) is 0.385. The van der Waals surface area contributed by atoms with E-state index in [0.29, 0.717) is 27.2 Å². The standard InChI is InChI=1S/C23H18Cl2N2O2/c1-12-4-5-15(23-27-20-8-13(2)14(3)9-21(20)29-23)10-19(12)26-22(28)17-11-16(24)6-7-18(17)25/h4-11H,1-3H3,(H,26,28). The van der Waals surface area contributed by atoms with Gasteiger partial charge in [0.15, 0.2) is 5.58 Å². The van der Waals surface area contributed by atoms with Crippen molar-refractivity contribution in [1.82, 2.24) is 4.98 Å². The third kappa shape index (κ3) is 3.86. The maximum atomic E-state index is 12.7. The zero-order chi connectivity index (χ0) is 20.7. The van der Waals surface area contributed by atoms with Crippen molar-refractivity contribution in [3.05, 3.63) is 80.8 Å². The molecule has 0 unspecified atom stereocenters. The molecule has 6 heteroatoms. The molecule has 29 heavy (non-hydrogen) atoms. The monoisotopic (exact) mass is 424 g/mol. The molecular weight excluding hydrogens is 407 g/mol. The molecule has 1 N–H and O–H groups in total. The van der Waals surface area contributed by atoms with Crippen LogP contribution in [0.15, 0.2) is 52.9 Å². The summed E-state index contributed by atoms with van der Waals surface area (Å²) in [5, 5.41) is 3.69. The second kappa shape index (κ2) is 7.54. The lowest BCUT2D eigenvalue weighted by molar-refractivity contribution is 0.102. The van der Waals surface area contributed by atoms with Crippen LogP contribution in [0.2, 0.25) is 10.0 Å². The minimum absolute atomic E-state index is 0.316. The highest BCUT2D eigenvalue weighted by atomic mass is 35.5. The van der Waals surface area contributed by atoms with E-state index in [9.17, 15) is 4.79 Å². The zero-order valence-corrected chi connectivity index (χ0v) is 17.7. The molecular formula is C23H18Cl2N2O2. The third-order valence-corrected chi connectivity index (χ3v) is 5.47. The Hall–Kier alpha value is -2.82. The van der Waals surface area contributed by atoms with Crippen LogP contribution >= 0.6 is 23.2 Å². The van der Waals surface area contributed by atoms with Crippen molar-refractivity contribution in [3.63, 3.8) is 0 Å². The van der Waals surface area contributed by atoms with Crippen LogP contribution in [-0.2, 0) is 0 Å². The Kier molecular flexibility index (Phi) is 5.07. The zero-order valence-electron chi connectivity index (χ0n) is 16.1. The van der Waals surface area contributed by atoms with Gasteiger partial charge in [-0.3, -0.25) is 4.79 Å². The number of nitrogens with zero attached hydrogens (tertiary/aromatic N) is 1. The highest BCUT2D eigenvalue weighted by Crippen LogP contribution is 2.30. The van der Waals surface area contributed by atoms with E-state index in [1.807, 2.05) is 51.1 Å². The molecule has 1 amide bonds. The Morgan fingerprint density at radius 2 is 1.69 bits per heavy atom. The lowest BCUT2D eigenvalue weighted by atomic mass is 10.1. The normalized spacial score (nSPS) is 11.1. The topological polar surface area (TPSA) is 55.1 Å². The highest BCUT2D eigenvalue weighted by Gasteiger charge is 2.15. The first kappa shape index (κ1) is 19.5. The Morgan fingerprint density at radius 3 is 2.48 bits per heavy atom. The molecule has 1 heterocycles. The summed E-state index contributed by atoms with van der Waals surface area (Å²) in [5.41, 5.74) is 6.50. The predicted molar refractivity (Wildman–Crippen MR) is 118 cm³/mol. The van der Waals surface area contributed by atoms with E-state index < -0.39 is 0 Å². The summed E-state index contributed by atoms with van der Waals surface area (Å²) in [6.07, 6.45) is 0. The number of benzene rings is 3. The number of fused-ring (bicyclic) bond motifs is 1. The number of anilines is 1. The summed E-state index contributed by atoms with van der Waals surface area (Å²) in [4.78, 5) is 17.3. The van der Waals surface area contributed by atoms with Gasteiger partial charge in [-0.15, -0.1) is 0 Å². The molecule has 0 aliphatic heterocycles. The van der Waals surface area contributed by atoms with Gasteiger partial charge in [0.2, 0.25) is 5.89 Å². The molecule has 0 saturated carbocycles. The average Bonchev–Trinajstić information content (AvgIpc) is 3.08. The largest absolute Gasteiger partial charge is 0.436 e. The highest BCUT2D eigenvalue weighted by molar-refractivity contribution is 6.36. The number of amides is 1. The Bertz CT molecular complexity index is 1220. The Labute approximate surface area is 178 Å². The molecule has 4 rings (SSSR count). The van der Waals surface area contributed by atoms with Crippen molar-refractivity contribution in [1.29, 1.82) is 0 Å². The summed E-state index contributed by atoms with van der Waals surface area (Å²) in [6, 6.07) is 14.5. The fourth-order valence-corrected chi connectivity index (χ4v) is 3.43. The van der Waals surface area contributed by atoms with E-state index in [2.05, 4.69) is 10.3 Å². The van der Waals surface area contributed by atoms with Crippen LogP contribution in [0.3, 0.4) is 0 Å². The molecule has 0 aliphatic carbocycles. The van der Waals surface area contributed by atoms with Crippen LogP contribution in [-0.4, -0.2) is 10.9 Å². The van der Waals surface area contributed by atoms with E-state index in [1.165, 1.54) is 0 Å². The van der Waals surface area contributed by atoms with Crippen LogP contribution in [0.4, 0.5) is 5.69 Å². The number of carbonyl (C=O) groups is 1. The van der Waals surface area contributed by atoms with Gasteiger partial charge < -0.3 is 9.73 Å². The number of carbonyl (C=O) groups excluding carboxylic acids is 1. The fourth-order valence-electron chi connectivity index (χ4n) is 3.05. The molecule has 146 valence electrons. The van der Waals surface area contributed by atoms with Gasteiger partial charge >= 0.3 is 0 Å². The van der Waals surface area contributed by atoms with Crippen molar-refractivity contribution in [3.8, 4) is 11.5 Å². The number of hydrogen-bond acceptors (Lipinski definition) is 3. The van der Waals surface area contributed by atoms with Crippen molar-refractivity contribution < 1.29 is 9.21 Å². The number of halogens is 2. The smallest absolute Gasteiger partial charge is 0.257 e. The number of aromatic nitrogens is 1. The van der Waals surface area contributed by atoms with E-state index in [4.69, 9.17) is 27.6 Å². The Morgan fingerprint density at radius 1 is 0.931 bits per heavy atom. The van der Waals surface area contributed by atoms with Gasteiger partial charge in [0.1, 0.15) is 5.52 Å². The van der Waals surface area contributed by atoms with Crippen molar-refractivity contribution >= 4 is 45.9 Å². The minimum Gasteiger partial charge on any atom is -0.436 e. The number of oxazole rings is 1. The molecule has 0 bridgehead atoms. The maximum absolute atomic E-state index is 12.7. The molecule has 0 aliphatic rings.